The molecule has 0 radical (unpaired) electrons. The third kappa shape index (κ3) is 9.21. The van der Waals surface area contributed by atoms with Crippen molar-refractivity contribution in [2.75, 3.05) is 18.1 Å². The van der Waals surface area contributed by atoms with E-state index in [1.807, 2.05) is 13.8 Å². The Bertz CT molecular complexity index is 1320. The number of benzene rings is 3. The number of hydrogen-bond acceptors (Lipinski definition) is 5. The van der Waals surface area contributed by atoms with Crippen molar-refractivity contribution in [1.82, 2.24) is 0 Å². The van der Waals surface area contributed by atoms with Crippen LogP contribution in [0.15, 0.2) is 90.0 Å². The molecule has 0 N–H and O–H groups in total. The summed E-state index contributed by atoms with van der Waals surface area (Å²) in [5.41, 5.74) is 9.34. The first-order valence-electron chi connectivity index (χ1n) is 14.4. The summed E-state index contributed by atoms with van der Waals surface area (Å²) in [5, 5.41) is 0. The normalized spacial score (nSPS) is 11.8. The monoisotopic (exact) mass is 553 g/mol. The Kier molecular flexibility index (Phi) is 12.0. The Hall–Kier alpha value is -4.12. The van der Waals surface area contributed by atoms with E-state index in [0.717, 1.165) is 42.7 Å². The van der Waals surface area contributed by atoms with E-state index in [1.165, 1.54) is 22.3 Å². The standard InChI is InChI=1S/C36H43NO4/c1-7-26(3)35(38)40-21-11-15-30-13-9-17-32(24-30)37(34-20-19-28(5)29(6)23-34)33-18-10-14-31(25-33)16-12-22-41-36(39)27(4)8-2/h7-10,13-14,17-20,23-25H,11-12,15-16,21-22H2,1-6H3/b26-7+,27-8+. The summed E-state index contributed by atoms with van der Waals surface area (Å²) in [6, 6.07) is 23.6. The molecular weight excluding hydrogens is 510 g/mol. The summed E-state index contributed by atoms with van der Waals surface area (Å²) in [6.45, 7) is 12.2. The smallest absolute Gasteiger partial charge is 0.333 e. The molecule has 0 bridgehead atoms. The number of rotatable bonds is 13. The molecule has 41 heavy (non-hydrogen) atoms. The molecule has 3 aromatic carbocycles. The van der Waals surface area contributed by atoms with Crippen molar-refractivity contribution in [3.63, 3.8) is 0 Å². The molecule has 5 nitrogen and oxygen atoms in total. The number of carbonyl (C=O) groups is 2. The van der Waals surface area contributed by atoms with Crippen LogP contribution >= 0.6 is 0 Å². The van der Waals surface area contributed by atoms with Crippen molar-refractivity contribution in [3.8, 4) is 0 Å². The van der Waals surface area contributed by atoms with Crippen LogP contribution in [0.1, 0.15) is 62.8 Å². The van der Waals surface area contributed by atoms with Crippen LogP contribution in [0.5, 0.6) is 0 Å². The molecule has 0 aromatic heterocycles. The van der Waals surface area contributed by atoms with Gasteiger partial charge in [0.2, 0.25) is 0 Å². The Morgan fingerprint density at radius 2 is 1.12 bits per heavy atom. The van der Waals surface area contributed by atoms with E-state index < -0.39 is 0 Å². The predicted octanol–water partition coefficient (Wildman–Crippen LogP) is 8.66. The van der Waals surface area contributed by atoms with Crippen molar-refractivity contribution >= 4 is 29.0 Å². The Balaban J connectivity index is 1.80. The number of carbonyl (C=O) groups excluding carboxylic acids is 2. The maximum Gasteiger partial charge on any atom is 0.333 e. The van der Waals surface area contributed by atoms with Gasteiger partial charge in [-0.15, -0.1) is 0 Å². The van der Waals surface area contributed by atoms with E-state index in [9.17, 15) is 9.59 Å². The summed E-state index contributed by atoms with van der Waals surface area (Å²) in [4.78, 5) is 26.2. The Morgan fingerprint density at radius 1 is 0.659 bits per heavy atom. The molecular formula is C36H43NO4. The summed E-state index contributed by atoms with van der Waals surface area (Å²) < 4.78 is 10.8. The zero-order chi connectivity index (χ0) is 29.8. The fraction of sp³-hybridized carbons (Fsp3) is 0.333. The molecule has 0 amide bonds. The molecule has 0 aliphatic heterocycles. The molecule has 216 valence electrons. The summed E-state index contributed by atoms with van der Waals surface area (Å²) >= 11 is 0. The molecule has 0 saturated carbocycles. The van der Waals surface area contributed by atoms with Crippen molar-refractivity contribution in [1.29, 1.82) is 0 Å². The minimum atomic E-state index is -0.256. The summed E-state index contributed by atoms with van der Waals surface area (Å²) in [7, 11) is 0. The van der Waals surface area contributed by atoms with Crippen LogP contribution < -0.4 is 4.90 Å². The highest BCUT2D eigenvalue weighted by Crippen LogP contribution is 2.36. The van der Waals surface area contributed by atoms with Crippen molar-refractivity contribution in [2.24, 2.45) is 0 Å². The summed E-state index contributed by atoms with van der Waals surface area (Å²) in [5.74, 6) is -0.513. The van der Waals surface area contributed by atoms with Gasteiger partial charge in [0.25, 0.3) is 0 Å². The fourth-order valence-electron chi connectivity index (χ4n) is 4.36. The first-order chi connectivity index (χ1) is 19.7. The minimum Gasteiger partial charge on any atom is -0.462 e. The van der Waals surface area contributed by atoms with Gasteiger partial charge in [-0.05, 0) is 126 Å². The molecule has 0 aliphatic rings. The van der Waals surface area contributed by atoms with Gasteiger partial charge in [-0.2, -0.15) is 0 Å². The lowest BCUT2D eigenvalue weighted by Gasteiger charge is -2.27. The van der Waals surface area contributed by atoms with Gasteiger partial charge in [-0.1, -0.05) is 42.5 Å². The van der Waals surface area contributed by atoms with Crippen molar-refractivity contribution in [2.45, 2.75) is 67.2 Å². The maximum atomic E-state index is 12.0. The molecule has 3 aromatic rings. The predicted molar refractivity (Wildman–Crippen MR) is 168 cm³/mol. The lowest BCUT2D eigenvalue weighted by Crippen LogP contribution is -2.11. The van der Waals surface area contributed by atoms with E-state index in [1.54, 1.807) is 26.0 Å². The molecule has 0 saturated heterocycles. The number of allylic oxidation sites excluding steroid dienone is 2. The van der Waals surface area contributed by atoms with Crippen LogP contribution in [0.25, 0.3) is 0 Å². The number of aryl methyl sites for hydroxylation is 4. The molecule has 0 aliphatic carbocycles. The van der Waals surface area contributed by atoms with E-state index in [-0.39, 0.29) is 11.9 Å². The summed E-state index contributed by atoms with van der Waals surface area (Å²) in [6.07, 6.45) is 6.66. The number of esters is 2. The first kappa shape index (κ1) is 31.4. The van der Waals surface area contributed by atoms with Crippen molar-refractivity contribution < 1.29 is 19.1 Å². The Labute approximate surface area is 245 Å². The quantitative estimate of drug-likeness (QED) is 0.120. The van der Waals surface area contributed by atoms with E-state index in [0.29, 0.717) is 24.4 Å². The zero-order valence-corrected chi connectivity index (χ0v) is 25.3. The van der Waals surface area contributed by atoms with Crippen molar-refractivity contribution in [3.05, 3.63) is 112 Å². The van der Waals surface area contributed by atoms with Crippen LogP contribution in [0, 0.1) is 13.8 Å². The number of hydrogen-bond donors (Lipinski definition) is 0. The van der Waals surface area contributed by atoms with Gasteiger partial charge in [-0.25, -0.2) is 9.59 Å². The highest BCUT2D eigenvalue weighted by molar-refractivity contribution is 5.88. The zero-order valence-electron chi connectivity index (χ0n) is 25.3. The van der Waals surface area contributed by atoms with Crippen LogP contribution in [0.2, 0.25) is 0 Å². The molecule has 5 heteroatoms. The van der Waals surface area contributed by atoms with Gasteiger partial charge < -0.3 is 14.4 Å². The maximum absolute atomic E-state index is 12.0. The topological polar surface area (TPSA) is 55.8 Å². The third-order valence-electron chi connectivity index (χ3n) is 7.28. The second-order valence-electron chi connectivity index (χ2n) is 10.4. The van der Waals surface area contributed by atoms with Gasteiger partial charge in [0.05, 0.1) is 13.2 Å². The second-order valence-corrected chi connectivity index (χ2v) is 10.4. The minimum absolute atomic E-state index is 0.256. The molecule has 0 spiro atoms. The number of nitrogens with zero attached hydrogens (tertiary/aromatic N) is 1. The second kappa shape index (κ2) is 15.6. The van der Waals surface area contributed by atoms with Crippen LogP contribution in [-0.4, -0.2) is 25.2 Å². The van der Waals surface area contributed by atoms with Gasteiger partial charge in [-0.3, -0.25) is 0 Å². The van der Waals surface area contributed by atoms with E-state index in [2.05, 4.69) is 85.5 Å². The largest absolute Gasteiger partial charge is 0.462 e. The first-order valence-corrected chi connectivity index (χ1v) is 14.4. The third-order valence-corrected chi connectivity index (χ3v) is 7.28. The number of anilines is 3. The average Bonchev–Trinajstić information content (AvgIpc) is 2.98. The average molecular weight is 554 g/mol. The fourth-order valence-corrected chi connectivity index (χ4v) is 4.36. The SMILES string of the molecule is C/C=C(\C)C(=O)OCCCc1cccc(N(c2cccc(CCCOC(=O)/C(C)=C/C)c2)c2ccc(C)c(C)c2)c1. The molecule has 0 atom stereocenters. The number of ether oxygens (including phenoxy) is 2. The van der Waals surface area contributed by atoms with Gasteiger partial charge in [0.1, 0.15) is 0 Å². The van der Waals surface area contributed by atoms with Crippen LogP contribution in [0.3, 0.4) is 0 Å². The van der Waals surface area contributed by atoms with Gasteiger partial charge in [0, 0.05) is 28.2 Å². The van der Waals surface area contributed by atoms with Crippen LogP contribution in [0.4, 0.5) is 17.1 Å². The molecule has 3 rings (SSSR count). The van der Waals surface area contributed by atoms with Gasteiger partial charge in [0.15, 0.2) is 0 Å². The molecule has 0 unspecified atom stereocenters. The lowest BCUT2D eigenvalue weighted by atomic mass is 10.0. The van der Waals surface area contributed by atoms with E-state index in [4.69, 9.17) is 9.47 Å². The lowest BCUT2D eigenvalue weighted by molar-refractivity contribution is -0.139. The Morgan fingerprint density at radius 3 is 1.56 bits per heavy atom. The highest BCUT2D eigenvalue weighted by Gasteiger charge is 2.15. The van der Waals surface area contributed by atoms with E-state index >= 15 is 0 Å². The van der Waals surface area contributed by atoms with Gasteiger partial charge >= 0.3 is 11.9 Å². The highest BCUT2D eigenvalue weighted by atomic mass is 16.5. The molecule has 0 fully saturated rings. The molecule has 0 heterocycles. The van der Waals surface area contributed by atoms with Crippen LogP contribution in [-0.2, 0) is 31.9 Å².